The molecule has 0 aliphatic rings. The molecule has 0 radical (unpaired) electrons. The molecule has 14 heavy (non-hydrogen) atoms. The van der Waals surface area contributed by atoms with E-state index < -0.39 is 0 Å². The maximum absolute atomic E-state index is 4.19. The summed E-state index contributed by atoms with van der Waals surface area (Å²) >= 11 is 3.23. The fourth-order valence-corrected chi connectivity index (χ4v) is 1.24. The highest BCUT2D eigenvalue weighted by molar-refractivity contribution is 9.10. The molecule has 1 rings (SSSR count). The van der Waals surface area contributed by atoms with Crippen LogP contribution in [0.25, 0.3) is 0 Å². The van der Waals surface area contributed by atoms with E-state index in [4.69, 9.17) is 0 Å². The highest BCUT2D eigenvalue weighted by Gasteiger charge is 2.02. The molecular formula is C8H14BrN5. The van der Waals surface area contributed by atoms with Crippen molar-refractivity contribution < 1.29 is 0 Å². The molecule has 1 aromatic rings. The summed E-state index contributed by atoms with van der Waals surface area (Å²) in [4.78, 5) is 12.4. The molecule has 0 saturated carbocycles. The highest BCUT2D eigenvalue weighted by atomic mass is 79.9. The lowest BCUT2D eigenvalue weighted by Gasteiger charge is -2.05. The van der Waals surface area contributed by atoms with Crippen molar-refractivity contribution in [3.63, 3.8) is 0 Å². The van der Waals surface area contributed by atoms with E-state index >= 15 is 0 Å². The first kappa shape index (κ1) is 11.2. The van der Waals surface area contributed by atoms with Crippen LogP contribution in [0.1, 0.15) is 20.3 Å². The summed E-state index contributed by atoms with van der Waals surface area (Å²) in [7, 11) is 0. The standard InChI is InChI=1S/C8H14BrN5/c1-3-5-11-8-13-6(9)12-7(14-8)10-4-2/h3-5H2,1-2H3,(H2,10,11,12,13,14). The van der Waals surface area contributed by atoms with Gasteiger partial charge in [0.1, 0.15) is 0 Å². The van der Waals surface area contributed by atoms with Crippen molar-refractivity contribution >= 4 is 27.8 Å². The van der Waals surface area contributed by atoms with Crippen LogP contribution in [0.2, 0.25) is 0 Å². The van der Waals surface area contributed by atoms with Gasteiger partial charge in [-0.25, -0.2) is 0 Å². The largest absolute Gasteiger partial charge is 0.354 e. The van der Waals surface area contributed by atoms with Crippen LogP contribution in [0.15, 0.2) is 4.73 Å². The molecule has 0 atom stereocenters. The minimum atomic E-state index is 0.544. The van der Waals surface area contributed by atoms with Gasteiger partial charge in [0.15, 0.2) is 0 Å². The first-order valence-electron chi connectivity index (χ1n) is 4.65. The Morgan fingerprint density at radius 3 is 2.29 bits per heavy atom. The van der Waals surface area contributed by atoms with E-state index in [1.54, 1.807) is 0 Å². The Bertz CT molecular complexity index is 291. The Labute approximate surface area is 91.9 Å². The molecule has 5 nitrogen and oxygen atoms in total. The van der Waals surface area contributed by atoms with Crippen molar-refractivity contribution in [1.29, 1.82) is 0 Å². The zero-order valence-electron chi connectivity index (χ0n) is 8.34. The monoisotopic (exact) mass is 259 g/mol. The maximum atomic E-state index is 4.19. The van der Waals surface area contributed by atoms with Crippen molar-refractivity contribution in [3.8, 4) is 0 Å². The number of hydrogen-bond donors (Lipinski definition) is 2. The zero-order chi connectivity index (χ0) is 10.4. The third-order valence-corrected chi connectivity index (χ3v) is 1.83. The number of hydrogen-bond acceptors (Lipinski definition) is 5. The molecule has 0 unspecified atom stereocenters. The summed E-state index contributed by atoms with van der Waals surface area (Å²) in [5.74, 6) is 1.19. The lowest BCUT2D eigenvalue weighted by atomic mass is 10.5. The van der Waals surface area contributed by atoms with E-state index in [1.807, 2.05) is 6.92 Å². The molecule has 0 amide bonds. The van der Waals surface area contributed by atoms with Gasteiger partial charge in [-0.05, 0) is 29.3 Å². The van der Waals surface area contributed by atoms with Gasteiger partial charge in [0.05, 0.1) is 0 Å². The van der Waals surface area contributed by atoms with Gasteiger partial charge in [0, 0.05) is 13.1 Å². The van der Waals surface area contributed by atoms with Crippen LogP contribution in [0.4, 0.5) is 11.9 Å². The maximum Gasteiger partial charge on any atom is 0.228 e. The number of rotatable bonds is 5. The first-order chi connectivity index (χ1) is 6.76. The summed E-state index contributed by atoms with van der Waals surface area (Å²) in [6, 6.07) is 0. The van der Waals surface area contributed by atoms with Crippen LogP contribution < -0.4 is 10.6 Å². The van der Waals surface area contributed by atoms with Crippen LogP contribution in [0, 0.1) is 0 Å². The number of anilines is 2. The van der Waals surface area contributed by atoms with Gasteiger partial charge in [0.25, 0.3) is 0 Å². The van der Waals surface area contributed by atoms with Gasteiger partial charge in [-0.1, -0.05) is 6.92 Å². The van der Waals surface area contributed by atoms with Crippen LogP contribution in [0.3, 0.4) is 0 Å². The molecule has 0 bridgehead atoms. The average molecular weight is 260 g/mol. The van der Waals surface area contributed by atoms with Crippen LogP contribution in [-0.4, -0.2) is 28.0 Å². The fourth-order valence-electron chi connectivity index (χ4n) is 0.903. The van der Waals surface area contributed by atoms with Gasteiger partial charge in [0.2, 0.25) is 16.6 Å². The SMILES string of the molecule is CCCNc1nc(Br)nc(NCC)n1. The molecule has 78 valence electrons. The molecule has 2 N–H and O–H groups in total. The minimum absolute atomic E-state index is 0.544. The Morgan fingerprint density at radius 1 is 1.07 bits per heavy atom. The number of halogens is 1. The highest BCUT2D eigenvalue weighted by Crippen LogP contribution is 2.09. The van der Waals surface area contributed by atoms with E-state index in [0.717, 1.165) is 19.5 Å². The topological polar surface area (TPSA) is 62.7 Å². The third kappa shape index (κ3) is 3.45. The quantitative estimate of drug-likeness (QED) is 0.846. The Balaban J connectivity index is 2.73. The van der Waals surface area contributed by atoms with Gasteiger partial charge in [-0.15, -0.1) is 0 Å². The smallest absolute Gasteiger partial charge is 0.228 e. The van der Waals surface area contributed by atoms with Crippen LogP contribution in [-0.2, 0) is 0 Å². The van der Waals surface area contributed by atoms with E-state index in [2.05, 4.69) is 48.4 Å². The molecule has 1 aromatic heterocycles. The second kappa shape index (κ2) is 5.74. The Morgan fingerprint density at radius 2 is 1.71 bits per heavy atom. The van der Waals surface area contributed by atoms with Gasteiger partial charge in [-0.2, -0.15) is 15.0 Å². The predicted molar refractivity (Wildman–Crippen MR) is 60.5 cm³/mol. The molecule has 0 fully saturated rings. The third-order valence-electron chi connectivity index (χ3n) is 1.48. The molecule has 6 heteroatoms. The Kier molecular flexibility index (Phi) is 4.58. The van der Waals surface area contributed by atoms with Gasteiger partial charge in [-0.3, -0.25) is 0 Å². The summed E-state index contributed by atoms with van der Waals surface area (Å²) < 4.78 is 0.544. The molecule has 1 heterocycles. The fraction of sp³-hybridized carbons (Fsp3) is 0.625. The van der Waals surface area contributed by atoms with Crippen molar-refractivity contribution in [3.05, 3.63) is 4.73 Å². The number of nitrogens with one attached hydrogen (secondary N) is 2. The first-order valence-corrected chi connectivity index (χ1v) is 5.44. The van der Waals surface area contributed by atoms with Crippen molar-refractivity contribution in [2.24, 2.45) is 0 Å². The van der Waals surface area contributed by atoms with E-state index in [0.29, 0.717) is 16.6 Å². The van der Waals surface area contributed by atoms with E-state index in [-0.39, 0.29) is 0 Å². The summed E-state index contributed by atoms with van der Waals surface area (Å²) in [5.41, 5.74) is 0. The molecular weight excluding hydrogens is 246 g/mol. The van der Waals surface area contributed by atoms with Crippen molar-refractivity contribution in [1.82, 2.24) is 15.0 Å². The lowest BCUT2D eigenvalue weighted by molar-refractivity contribution is 0.925. The minimum Gasteiger partial charge on any atom is -0.354 e. The predicted octanol–water partition coefficient (Wildman–Crippen LogP) is 1.89. The summed E-state index contributed by atoms with van der Waals surface area (Å²) in [6.07, 6.45) is 1.04. The molecule has 0 aliphatic heterocycles. The van der Waals surface area contributed by atoms with Crippen molar-refractivity contribution in [2.45, 2.75) is 20.3 Å². The molecule has 0 aliphatic carbocycles. The normalized spacial score (nSPS) is 9.93. The van der Waals surface area contributed by atoms with Crippen LogP contribution in [0.5, 0.6) is 0 Å². The van der Waals surface area contributed by atoms with E-state index in [1.165, 1.54) is 0 Å². The van der Waals surface area contributed by atoms with Crippen molar-refractivity contribution in [2.75, 3.05) is 23.7 Å². The zero-order valence-corrected chi connectivity index (χ0v) is 9.93. The average Bonchev–Trinajstić information content (AvgIpc) is 2.14. The van der Waals surface area contributed by atoms with Gasteiger partial charge < -0.3 is 10.6 Å². The van der Waals surface area contributed by atoms with Crippen LogP contribution >= 0.6 is 15.9 Å². The molecule has 0 saturated heterocycles. The second-order valence-electron chi connectivity index (χ2n) is 2.71. The lowest BCUT2D eigenvalue weighted by Crippen LogP contribution is -2.09. The number of nitrogens with zero attached hydrogens (tertiary/aromatic N) is 3. The molecule has 0 spiro atoms. The summed E-state index contributed by atoms with van der Waals surface area (Å²) in [6.45, 7) is 5.75. The number of aromatic nitrogens is 3. The summed E-state index contributed by atoms with van der Waals surface area (Å²) in [5, 5.41) is 6.13. The Hall–Kier alpha value is -0.910. The molecule has 0 aromatic carbocycles. The van der Waals surface area contributed by atoms with E-state index in [9.17, 15) is 0 Å². The second-order valence-corrected chi connectivity index (χ2v) is 3.42. The van der Waals surface area contributed by atoms with Gasteiger partial charge >= 0.3 is 0 Å².